The van der Waals surface area contributed by atoms with Crippen LogP contribution in [0.3, 0.4) is 0 Å². The van der Waals surface area contributed by atoms with E-state index in [2.05, 4.69) is 29.6 Å². The third kappa shape index (κ3) is 3.87. The molecule has 0 spiro atoms. The maximum Gasteiger partial charge on any atom is 0.266 e. The first-order valence-electron chi connectivity index (χ1n) is 11.0. The Hall–Kier alpha value is -3.87. The Morgan fingerprint density at radius 1 is 1.12 bits per heavy atom. The van der Waals surface area contributed by atoms with Crippen LogP contribution in [0, 0.1) is 11.3 Å². The summed E-state index contributed by atoms with van der Waals surface area (Å²) in [5.41, 5.74) is 2.73. The number of benzene rings is 2. The topological polar surface area (TPSA) is 103 Å². The van der Waals surface area contributed by atoms with Gasteiger partial charge in [-0.15, -0.1) is 0 Å². The van der Waals surface area contributed by atoms with E-state index in [0.29, 0.717) is 34.4 Å². The molecule has 3 heterocycles. The molecule has 0 amide bonds. The molecule has 1 aliphatic rings. The quantitative estimate of drug-likeness (QED) is 0.275. The number of ether oxygens (including phenoxy) is 1. The first kappa shape index (κ1) is 21.9. The summed E-state index contributed by atoms with van der Waals surface area (Å²) in [6.07, 6.45) is 3.60. The molecule has 0 atom stereocenters. The van der Waals surface area contributed by atoms with E-state index in [9.17, 15) is 9.59 Å². The lowest BCUT2D eigenvalue weighted by Crippen LogP contribution is -2.21. The second-order valence-corrected chi connectivity index (χ2v) is 15.2. The highest BCUT2D eigenvalue weighted by Crippen LogP contribution is 2.28. The monoisotopic (exact) mass is 469 g/mol. The van der Waals surface area contributed by atoms with Gasteiger partial charge in [-0.25, -0.2) is 9.97 Å². The van der Waals surface area contributed by atoms with Gasteiger partial charge in [0, 0.05) is 26.4 Å². The number of hydrogen-bond donors (Lipinski definition) is 0. The molecular weight excluding hydrogens is 446 g/mol. The zero-order valence-electron chi connectivity index (χ0n) is 19.2. The van der Waals surface area contributed by atoms with Crippen LogP contribution in [0.1, 0.15) is 21.7 Å². The third-order valence-corrected chi connectivity index (χ3v) is 7.55. The van der Waals surface area contributed by atoms with Gasteiger partial charge in [0.25, 0.3) is 5.56 Å². The minimum Gasteiger partial charge on any atom is -0.361 e. The molecule has 0 bridgehead atoms. The second-order valence-electron chi connectivity index (χ2n) is 9.60. The molecule has 4 aromatic rings. The zero-order valence-corrected chi connectivity index (χ0v) is 20.2. The van der Waals surface area contributed by atoms with Crippen LogP contribution < -0.4 is 5.56 Å². The molecule has 0 radical (unpaired) electrons. The van der Waals surface area contributed by atoms with Crippen LogP contribution in [-0.4, -0.2) is 39.6 Å². The average Bonchev–Trinajstić information content (AvgIpc) is 3.39. The van der Waals surface area contributed by atoms with Crippen LogP contribution in [-0.2, 0) is 11.5 Å². The van der Waals surface area contributed by atoms with Crippen LogP contribution in [0.5, 0.6) is 0 Å². The van der Waals surface area contributed by atoms with Crippen molar-refractivity contribution in [1.29, 1.82) is 5.26 Å². The highest BCUT2D eigenvalue weighted by molar-refractivity contribution is 6.76. The fourth-order valence-electron chi connectivity index (χ4n) is 3.95. The van der Waals surface area contributed by atoms with E-state index in [1.165, 1.54) is 10.6 Å². The molecule has 9 heteroatoms. The van der Waals surface area contributed by atoms with Gasteiger partial charge in [0.2, 0.25) is 5.78 Å². The van der Waals surface area contributed by atoms with E-state index in [-0.39, 0.29) is 17.2 Å². The predicted octanol–water partition coefficient (Wildman–Crippen LogP) is 3.98. The molecule has 2 aromatic heterocycles. The summed E-state index contributed by atoms with van der Waals surface area (Å²) in [5.74, 6) is -0.293. The number of aromatic nitrogens is 4. The maximum atomic E-state index is 13.4. The molecule has 0 N–H and O–H groups in total. The summed E-state index contributed by atoms with van der Waals surface area (Å²) in [7, 11) is -1.14. The zero-order chi connectivity index (χ0) is 24.0. The van der Waals surface area contributed by atoms with Crippen molar-refractivity contribution in [3.63, 3.8) is 0 Å². The Bertz CT molecular complexity index is 1560. The van der Waals surface area contributed by atoms with Crippen LogP contribution >= 0.6 is 0 Å². The van der Waals surface area contributed by atoms with Crippen LogP contribution in [0.25, 0.3) is 27.8 Å². The molecule has 170 valence electrons. The Balaban J connectivity index is 1.47. The van der Waals surface area contributed by atoms with Crippen molar-refractivity contribution >= 4 is 24.8 Å². The lowest BCUT2D eigenvalue weighted by Gasteiger charge is -2.15. The molecule has 0 fully saturated rings. The van der Waals surface area contributed by atoms with E-state index < -0.39 is 8.07 Å². The molecule has 8 nitrogen and oxygen atoms in total. The summed E-state index contributed by atoms with van der Waals surface area (Å²) in [6.45, 7) is 8.10. The average molecular weight is 470 g/mol. The molecule has 0 aliphatic carbocycles. The number of nitriles is 1. The Kier molecular flexibility index (Phi) is 5.27. The summed E-state index contributed by atoms with van der Waals surface area (Å²) < 4.78 is 8.99. The van der Waals surface area contributed by atoms with Crippen molar-refractivity contribution in [2.75, 3.05) is 6.61 Å². The van der Waals surface area contributed by atoms with Crippen molar-refractivity contribution < 1.29 is 9.53 Å². The van der Waals surface area contributed by atoms with Crippen LogP contribution in [0.4, 0.5) is 0 Å². The minimum atomic E-state index is -1.14. The number of imidazole rings is 1. The number of carbonyl (C=O) groups is 1. The molecule has 1 aliphatic heterocycles. The molecule has 0 saturated heterocycles. The van der Waals surface area contributed by atoms with Gasteiger partial charge in [-0.1, -0.05) is 25.7 Å². The fraction of sp³-hybridized carbons (Fsp3) is 0.240. The van der Waals surface area contributed by atoms with Crippen LogP contribution in [0.2, 0.25) is 25.7 Å². The van der Waals surface area contributed by atoms with E-state index in [1.807, 2.05) is 22.9 Å². The fourth-order valence-corrected chi connectivity index (χ4v) is 4.71. The van der Waals surface area contributed by atoms with Crippen molar-refractivity contribution in [3.05, 3.63) is 76.2 Å². The number of nitrogens with zero attached hydrogens (tertiary/aromatic N) is 5. The SMILES string of the molecule is C[Si](C)(C)CCOCn1cnc(-c2ccc3nc4n(c(=O)c3c2)-c2ccc(C#N)cc2C4=O)c1. The largest absolute Gasteiger partial charge is 0.361 e. The molecule has 0 unspecified atom stereocenters. The number of hydrogen-bond acceptors (Lipinski definition) is 6. The standard InChI is InChI=1S/C25H23N5O3Si/c1-34(2,3)9-8-33-15-29-13-21(27-14-29)17-5-6-20-18(11-17)25(32)30-22-7-4-16(12-26)10-19(22)23(31)24(30)28-20/h4-7,10-11,13-14H,8-9,15H2,1-3H3. The molecule has 34 heavy (non-hydrogen) atoms. The normalized spacial score (nSPS) is 12.6. The Morgan fingerprint density at radius 2 is 1.94 bits per heavy atom. The van der Waals surface area contributed by atoms with Gasteiger partial charge in [0.1, 0.15) is 6.73 Å². The van der Waals surface area contributed by atoms with Crippen molar-refractivity contribution in [1.82, 2.24) is 19.1 Å². The van der Waals surface area contributed by atoms with Gasteiger partial charge in [-0.3, -0.25) is 14.2 Å². The summed E-state index contributed by atoms with van der Waals surface area (Å²) >= 11 is 0. The predicted molar refractivity (Wildman–Crippen MR) is 131 cm³/mol. The lowest BCUT2D eigenvalue weighted by molar-refractivity contribution is 0.0871. The van der Waals surface area contributed by atoms with Crippen molar-refractivity contribution in [3.8, 4) is 23.0 Å². The summed E-state index contributed by atoms with van der Waals surface area (Å²) in [6, 6.07) is 13.2. The van der Waals surface area contributed by atoms with Gasteiger partial charge < -0.3 is 9.30 Å². The summed E-state index contributed by atoms with van der Waals surface area (Å²) in [4.78, 5) is 35.2. The molecule has 5 rings (SSSR count). The van der Waals surface area contributed by atoms with Crippen molar-refractivity contribution in [2.45, 2.75) is 32.4 Å². The molecular formula is C25H23N5O3Si. The van der Waals surface area contributed by atoms with Gasteiger partial charge in [-0.2, -0.15) is 5.26 Å². The first-order valence-corrected chi connectivity index (χ1v) is 14.7. The molecule has 2 aromatic carbocycles. The first-order chi connectivity index (χ1) is 16.2. The number of ketones is 1. The van der Waals surface area contributed by atoms with Gasteiger partial charge in [0.05, 0.1) is 45.8 Å². The minimum absolute atomic E-state index is 0.0649. The highest BCUT2D eigenvalue weighted by Gasteiger charge is 2.30. The third-order valence-electron chi connectivity index (χ3n) is 5.85. The Labute approximate surface area is 197 Å². The van der Waals surface area contributed by atoms with Crippen molar-refractivity contribution in [2.24, 2.45) is 0 Å². The van der Waals surface area contributed by atoms with E-state index in [0.717, 1.165) is 23.9 Å². The van der Waals surface area contributed by atoms with Gasteiger partial charge in [-0.05, 0) is 36.4 Å². The number of fused-ring (bicyclic) bond motifs is 4. The highest BCUT2D eigenvalue weighted by atomic mass is 28.3. The van der Waals surface area contributed by atoms with E-state index in [4.69, 9.17) is 10.00 Å². The lowest BCUT2D eigenvalue weighted by atomic mass is 10.1. The number of rotatable bonds is 6. The van der Waals surface area contributed by atoms with Gasteiger partial charge in [0.15, 0.2) is 5.82 Å². The smallest absolute Gasteiger partial charge is 0.266 e. The number of carbonyl (C=O) groups excluding carboxylic acids is 1. The summed E-state index contributed by atoms with van der Waals surface area (Å²) in [5, 5.41) is 9.55. The Morgan fingerprint density at radius 3 is 2.71 bits per heavy atom. The van der Waals surface area contributed by atoms with E-state index >= 15 is 0 Å². The second kappa shape index (κ2) is 8.16. The van der Waals surface area contributed by atoms with Gasteiger partial charge >= 0.3 is 0 Å². The maximum absolute atomic E-state index is 13.4. The molecule has 0 saturated carbocycles. The van der Waals surface area contributed by atoms with Crippen LogP contribution in [0.15, 0.2) is 53.7 Å². The van der Waals surface area contributed by atoms with E-state index in [1.54, 1.807) is 30.6 Å².